The van der Waals surface area contributed by atoms with Crippen LogP contribution in [0.2, 0.25) is 0 Å². The first-order chi connectivity index (χ1) is 20.0. The average Bonchev–Trinajstić information content (AvgIpc) is 2.89. The topological polar surface area (TPSA) is 54.4 Å². The van der Waals surface area contributed by atoms with Gasteiger partial charge in [-0.1, -0.05) is 88.8 Å². The van der Waals surface area contributed by atoms with Crippen molar-refractivity contribution in [1.29, 1.82) is 0 Å². The number of sulfone groups is 1. The maximum absolute atomic E-state index is 13.9. The molecule has 0 heterocycles. The molecule has 1 atom stereocenters. The molecule has 4 heteroatoms. The molecule has 1 unspecified atom stereocenters. The van der Waals surface area contributed by atoms with Gasteiger partial charge in [0.1, 0.15) is 5.60 Å². The standard InChI is InChI=1S/C39H66O3S/c1-12-13-30-43(41,42)38(37(11)25-16-20-33(6)7)39(40,28-26-35(9)22-15-19-32(4)5)29-27-36(10)24-17-23-34(8)21-14-18-31(2)3/h18-20,23,26-27,40H,12-17,21-22,24-25,28-30H2,1-11H3. The van der Waals surface area contributed by atoms with Crippen molar-refractivity contribution in [3.8, 4) is 0 Å². The van der Waals surface area contributed by atoms with Crippen LogP contribution in [0.25, 0.3) is 0 Å². The summed E-state index contributed by atoms with van der Waals surface area (Å²) in [6, 6.07) is 0. The van der Waals surface area contributed by atoms with Crippen LogP contribution in [0.1, 0.15) is 153 Å². The molecular weight excluding hydrogens is 548 g/mol. The maximum atomic E-state index is 13.9. The van der Waals surface area contributed by atoms with E-state index in [9.17, 15) is 13.5 Å². The van der Waals surface area contributed by atoms with Gasteiger partial charge in [-0.2, -0.15) is 0 Å². The Hall–Kier alpha value is -1.91. The Morgan fingerprint density at radius 2 is 0.953 bits per heavy atom. The number of aliphatic hydroxyl groups is 1. The molecule has 43 heavy (non-hydrogen) atoms. The summed E-state index contributed by atoms with van der Waals surface area (Å²) < 4.78 is 27.8. The van der Waals surface area contributed by atoms with Gasteiger partial charge in [0.25, 0.3) is 0 Å². The molecule has 0 aromatic heterocycles. The lowest BCUT2D eigenvalue weighted by molar-refractivity contribution is 0.0905. The summed E-state index contributed by atoms with van der Waals surface area (Å²) in [4.78, 5) is 0.253. The Morgan fingerprint density at radius 1 is 0.581 bits per heavy atom. The lowest BCUT2D eigenvalue weighted by atomic mass is 9.89. The largest absolute Gasteiger partial charge is 0.384 e. The number of hydrogen-bond acceptors (Lipinski definition) is 3. The highest BCUT2D eigenvalue weighted by molar-refractivity contribution is 7.95. The molecule has 0 aliphatic rings. The van der Waals surface area contributed by atoms with E-state index in [0.717, 1.165) is 56.9 Å². The van der Waals surface area contributed by atoms with Crippen LogP contribution in [0, 0.1) is 0 Å². The van der Waals surface area contributed by atoms with Gasteiger partial charge in [-0.05, 0) is 140 Å². The molecule has 0 aromatic rings. The van der Waals surface area contributed by atoms with Crippen molar-refractivity contribution in [3.05, 3.63) is 80.4 Å². The highest BCUT2D eigenvalue weighted by Crippen LogP contribution is 2.36. The van der Waals surface area contributed by atoms with E-state index in [2.05, 4.69) is 98.8 Å². The summed E-state index contributed by atoms with van der Waals surface area (Å²) in [6.45, 7) is 22.9. The molecule has 0 bridgehead atoms. The Morgan fingerprint density at radius 3 is 1.35 bits per heavy atom. The highest BCUT2D eigenvalue weighted by atomic mass is 32.2. The van der Waals surface area contributed by atoms with Crippen LogP contribution in [0.15, 0.2) is 80.4 Å². The summed E-state index contributed by atoms with van der Waals surface area (Å²) in [7, 11) is -3.63. The van der Waals surface area contributed by atoms with Crippen LogP contribution in [0.5, 0.6) is 0 Å². The van der Waals surface area contributed by atoms with E-state index in [0.29, 0.717) is 25.7 Å². The van der Waals surface area contributed by atoms with Crippen LogP contribution in [0.3, 0.4) is 0 Å². The third kappa shape index (κ3) is 19.2. The minimum atomic E-state index is -3.63. The molecule has 0 saturated carbocycles. The van der Waals surface area contributed by atoms with E-state index in [-0.39, 0.29) is 10.7 Å². The Balaban J connectivity index is 6.39. The van der Waals surface area contributed by atoms with Crippen molar-refractivity contribution < 1.29 is 13.5 Å². The predicted molar refractivity (Wildman–Crippen MR) is 192 cm³/mol. The first-order valence-corrected chi connectivity index (χ1v) is 18.2. The van der Waals surface area contributed by atoms with Crippen LogP contribution in [-0.2, 0) is 9.84 Å². The highest BCUT2D eigenvalue weighted by Gasteiger charge is 2.39. The second kappa shape index (κ2) is 21.7. The van der Waals surface area contributed by atoms with Gasteiger partial charge >= 0.3 is 0 Å². The zero-order valence-electron chi connectivity index (χ0n) is 29.8. The smallest absolute Gasteiger partial charge is 0.177 e. The first kappa shape index (κ1) is 41.1. The van der Waals surface area contributed by atoms with Crippen molar-refractivity contribution in [2.24, 2.45) is 0 Å². The molecule has 1 N–H and O–H groups in total. The predicted octanol–water partition coefficient (Wildman–Crippen LogP) is 11.8. The maximum Gasteiger partial charge on any atom is 0.177 e. The fraction of sp³-hybridized carbons (Fsp3) is 0.641. The normalized spacial score (nSPS) is 15.0. The molecule has 0 radical (unpaired) electrons. The summed E-state index contributed by atoms with van der Waals surface area (Å²) in [5, 5.41) is 12.4. The van der Waals surface area contributed by atoms with E-state index in [1.54, 1.807) is 0 Å². The minimum absolute atomic E-state index is 0.0733. The monoisotopic (exact) mass is 614 g/mol. The van der Waals surface area contributed by atoms with Crippen molar-refractivity contribution in [2.45, 2.75) is 159 Å². The van der Waals surface area contributed by atoms with Gasteiger partial charge in [0.05, 0.1) is 10.7 Å². The average molecular weight is 615 g/mol. The van der Waals surface area contributed by atoms with Gasteiger partial charge in [-0.25, -0.2) is 8.42 Å². The molecule has 0 aliphatic carbocycles. The van der Waals surface area contributed by atoms with Crippen molar-refractivity contribution >= 4 is 9.84 Å². The van der Waals surface area contributed by atoms with E-state index >= 15 is 0 Å². The van der Waals surface area contributed by atoms with Gasteiger partial charge in [-0.15, -0.1) is 0 Å². The van der Waals surface area contributed by atoms with Gasteiger partial charge in [-0.3, -0.25) is 0 Å². The molecule has 0 aromatic carbocycles. The van der Waals surface area contributed by atoms with Crippen molar-refractivity contribution in [2.75, 3.05) is 5.75 Å². The van der Waals surface area contributed by atoms with Crippen LogP contribution >= 0.6 is 0 Å². The third-order valence-electron chi connectivity index (χ3n) is 7.75. The van der Waals surface area contributed by atoms with Crippen LogP contribution in [0.4, 0.5) is 0 Å². The lowest BCUT2D eigenvalue weighted by Crippen LogP contribution is -2.36. The SMILES string of the molecule is CCCCS(=O)(=O)C(=C(C)CCC=C(C)C)C(O)(CC=C(C)CCC=C(C)C)CC=C(C)CCC=C(C)CCC=C(C)C. The molecule has 0 rings (SSSR count). The number of allylic oxidation sites excluding steroid dienone is 11. The summed E-state index contributed by atoms with van der Waals surface area (Å²) in [5.41, 5.74) is 6.94. The van der Waals surface area contributed by atoms with Crippen LogP contribution < -0.4 is 0 Å². The summed E-state index contributed by atoms with van der Waals surface area (Å²) in [6.07, 6.45) is 22.3. The first-order valence-electron chi connectivity index (χ1n) is 16.6. The van der Waals surface area contributed by atoms with E-state index in [4.69, 9.17) is 0 Å². The van der Waals surface area contributed by atoms with Gasteiger partial charge in [0.2, 0.25) is 0 Å². The molecule has 0 spiro atoms. The van der Waals surface area contributed by atoms with Gasteiger partial charge < -0.3 is 5.11 Å². The second-order valence-corrected chi connectivity index (χ2v) is 15.4. The Labute approximate surface area is 267 Å². The Bertz CT molecular complexity index is 1160. The molecule has 0 aliphatic heterocycles. The van der Waals surface area contributed by atoms with E-state index in [1.165, 1.54) is 33.4 Å². The zero-order valence-corrected chi connectivity index (χ0v) is 30.6. The van der Waals surface area contributed by atoms with Gasteiger partial charge in [0, 0.05) is 0 Å². The molecule has 0 saturated heterocycles. The lowest BCUT2D eigenvalue weighted by Gasteiger charge is -2.31. The molecule has 0 amide bonds. The van der Waals surface area contributed by atoms with Crippen molar-refractivity contribution in [1.82, 2.24) is 0 Å². The number of rotatable bonds is 21. The zero-order chi connectivity index (χ0) is 33.1. The quantitative estimate of drug-likeness (QED) is 0.131. The van der Waals surface area contributed by atoms with E-state index < -0.39 is 15.4 Å². The fourth-order valence-electron chi connectivity index (χ4n) is 5.06. The fourth-order valence-corrected chi connectivity index (χ4v) is 7.32. The Kier molecular flexibility index (Phi) is 20.8. The van der Waals surface area contributed by atoms with E-state index in [1.807, 2.05) is 13.8 Å². The summed E-state index contributed by atoms with van der Waals surface area (Å²) >= 11 is 0. The number of unbranched alkanes of at least 4 members (excludes halogenated alkanes) is 1. The third-order valence-corrected chi connectivity index (χ3v) is 9.93. The molecule has 3 nitrogen and oxygen atoms in total. The molecule has 246 valence electrons. The second-order valence-electron chi connectivity index (χ2n) is 13.4. The van der Waals surface area contributed by atoms with Crippen molar-refractivity contribution in [3.63, 3.8) is 0 Å². The summed E-state index contributed by atoms with van der Waals surface area (Å²) in [5.74, 6) is 0.0733. The number of hydrogen-bond donors (Lipinski definition) is 1. The minimum Gasteiger partial charge on any atom is -0.384 e. The van der Waals surface area contributed by atoms with Crippen LogP contribution in [-0.4, -0.2) is 24.9 Å². The van der Waals surface area contributed by atoms with Gasteiger partial charge in [0.15, 0.2) is 9.84 Å². The molecule has 0 fully saturated rings. The molecular formula is C39H66O3S.